The van der Waals surface area contributed by atoms with E-state index in [1.54, 1.807) is 9.80 Å². The van der Waals surface area contributed by atoms with E-state index in [-0.39, 0.29) is 11.8 Å². The Kier molecular flexibility index (Phi) is 13.1. The van der Waals surface area contributed by atoms with Gasteiger partial charge in [-0.2, -0.15) is 8.61 Å². The number of carbonyl (C=O) groups excluding carboxylic acids is 2. The summed E-state index contributed by atoms with van der Waals surface area (Å²) < 4.78 is 47.8. The van der Waals surface area contributed by atoms with Crippen molar-refractivity contribution in [2.75, 3.05) is 77.3 Å². The van der Waals surface area contributed by atoms with Gasteiger partial charge in [-0.15, -0.1) is 11.6 Å². The molecule has 0 aliphatic carbocycles. The molecule has 0 aromatic rings. The summed E-state index contributed by atoms with van der Waals surface area (Å²) in [6.45, 7) is 3.60. The summed E-state index contributed by atoms with van der Waals surface area (Å²) in [5.41, 5.74) is 8.09. The number of amides is 2. The number of nitrogens with zero attached hydrogens (tertiary/aromatic N) is 7. The van der Waals surface area contributed by atoms with Crippen LogP contribution in [0.25, 0.3) is 10.4 Å². The highest BCUT2D eigenvalue weighted by Crippen LogP contribution is 2.09. The molecule has 0 spiro atoms. The van der Waals surface area contributed by atoms with E-state index in [1.807, 2.05) is 0 Å². The number of azide groups is 1. The zero-order valence-electron chi connectivity index (χ0n) is 19.7. The number of hydrogen-bond donors (Lipinski definition) is 0. The first-order chi connectivity index (χ1) is 15.9. The van der Waals surface area contributed by atoms with E-state index < -0.39 is 20.0 Å². The number of hydrogen-bond acceptors (Lipinski definition) is 7. The van der Waals surface area contributed by atoms with Crippen LogP contribution in [-0.2, 0) is 29.6 Å². The molecule has 0 aromatic carbocycles. The summed E-state index contributed by atoms with van der Waals surface area (Å²) in [5.74, 6) is 0.528. The van der Waals surface area contributed by atoms with Gasteiger partial charge >= 0.3 is 0 Å². The van der Waals surface area contributed by atoms with Gasteiger partial charge in [0.2, 0.25) is 31.9 Å². The van der Waals surface area contributed by atoms with Crippen molar-refractivity contribution < 1.29 is 26.4 Å². The standard InChI is InChI=1S/C9H17ClN2O3S.C9H17N5O3S/c1-16(14,15)12-7-5-11(6-8-12)9(13)3-2-4-10;1-18(16,17)14-7-5-13(6-8-14)9(15)3-2-4-11-12-10/h2-8H2,1H3;2-8H2,1H3. The van der Waals surface area contributed by atoms with Gasteiger partial charge in [-0.25, -0.2) is 16.8 Å². The Bertz CT molecular complexity index is 924. The number of sulfonamides is 2. The van der Waals surface area contributed by atoms with Crippen LogP contribution in [0.15, 0.2) is 5.11 Å². The number of halogens is 1. The van der Waals surface area contributed by atoms with Gasteiger partial charge in [0.1, 0.15) is 0 Å². The summed E-state index contributed by atoms with van der Waals surface area (Å²) in [6.07, 6.45) is 4.34. The minimum Gasteiger partial charge on any atom is -0.340 e. The fraction of sp³-hybridized carbons (Fsp3) is 0.889. The summed E-state index contributed by atoms with van der Waals surface area (Å²) in [5, 5.41) is 3.36. The molecule has 0 unspecified atom stereocenters. The lowest BCUT2D eigenvalue weighted by molar-refractivity contribution is -0.133. The minimum absolute atomic E-state index is 0.0173. The van der Waals surface area contributed by atoms with Crippen LogP contribution in [-0.4, -0.2) is 124 Å². The second kappa shape index (κ2) is 14.7. The first-order valence-corrected chi connectivity index (χ1v) is 15.2. The van der Waals surface area contributed by atoms with Crippen LogP contribution in [0.4, 0.5) is 0 Å². The van der Waals surface area contributed by atoms with E-state index in [0.717, 1.165) is 0 Å². The molecule has 2 heterocycles. The van der Waals surface area contributed by atoms with Crippen LogP contribution in [0, 0.1) is 0 Å². The maximum Gasteiger partial charge on any atom is 0.222 e. The fourth-order valence-electron chi connectivity index (χ4n) is 3.42. The fourth-order valence-corrected chi connectivity index (χ4v) is 5.21. The summed E-state index contributed by atoms with van der Waals surface area (Å²) in [4.78, 5) is 29.3. The molecular formula is C18H34ClN7O6S2. The molecule has 0 radical (unpaired) electrons. The predicted octanol–water partition coefficient (Wildman–Crippen LogP) is 0.290. The van der Waals surface area contributed by atoms with E-state index in [2.05, 4.69) is 10.0 Å². The second-order valence-corrected chi connectivity index (χ2v) is 12.3. The Hall–Kier alpha value is -1.64. The van der Waals surface area contributed by atoms with Crippen LogP contribution >= 0.6 is 11.6 Å². The molecule has 34 heavy (non-hydrogen) atoms. The molecular weight excluding hydrogens is 510 g/mol. The van der Waals surface area contributed by atoms with Crippen molar-refractivity contribution in [3.63, 3.8) is 0 Å². The first kappa shape index (κ1) is 30.4. The van der Waals surface area contributed by atoms with Gasteiger partial charge in [0.15, 0.2) is 0 Å². The van der Waals surface area contributed by atoms with Crippen molar-refractivity contribution >= 4 is 43.5 Å². The van der Waals surface area contributed by atoms with Gasteiger partial charge in [-0.1, -0.05) is 5.11 Å². The molecule has 0 atom stereocenters. The highest BCUT2D eigenvalue weighted by atomic mass is 35.5. The van der Waals surface area contributed by atoms with E-state index in [4.69, 9.17) is 17.1 Å². The molecule has 0 aromatic heterocycles. The molecule has 0 saturated carbocycles. The Labute approximate surface area is 206 Å². The average molecular weight is 544 g/mol. The number of alkyl halides is 1. The molecule has 13 nitrogen and oxygen atoms in total. The topological polar surface area (TPSA) is 164 Å². The maximum absolute atomic E-state index is 11.7. The van der Waals surface area contributed by atoms with E-state index in [1.165, 1.54) is 21.1 Å². The van der Waals surface area contributed by atoms with Crippen LogP contribution in [0.3, 0.4) is 0 Å². The minimum atomic E-state index is -3.16. The molecule has 2 saturated heterocycles. The van der Waals surface area contributed by atoms with Gasteiger partial charge in [0.05, 0.1) is 12.5 Å². The number of piperazine rings is 2. The van der Waals surface area contributed by atoms with E-state index in [9.17, 15) is 26.4 Å². The van der Waals surface area contributed by atoms with Crippen molar-refractivity contribution in [1.82, 2.24) is 18.4 Å². The van der Waals surface area contributed by atoms with Crippen molar-refractivity contribution in [2.45, 2.75) is 25.7 Å². The molecule has 2 amide bonds. The Morgan fingerprint density at radius 2 is 1.18 bits per heavy atom. The zero-order valence-corrected chi connectivity index (χ0v) is 22.1. The Morgan fingerprint density at radius 3 is 1.50 bits per heavy atom. The smallest absolute Gasteiger partial charge is 0.222 e. The molecule has 196 valence electrons. The van der Waals surface area contributed by atoms with Gasteiger partial charge in [0, 0.05) is 82.5 Å². The van der Waals surface area contributed by atoms with E-state index in [0.29, 0.717) is 90.5 Å². The summed E-state index contributed by atoms with van der Waals surface area (Å²) >= 11 is 5.51. The highest BCUT2D eigenvalue weighted by Gasteiger charge is 2.26. The van der Waals surface area contributed by atoms with Gasteiger partial charge in [-0.05, 0) is 18.4 Å². The normalized spacial score (nSPS) is 18.0. The first-order valence-electron chi connectivity index (χ1n) is 10.9. The zero-order chi connectivity index (χ0) is 25.8. The highest BCUT2D eigenvalue weighted by molar-refractivity contribution is 7.88. The third-order valence-corrected chi connectivity index (χ3v) is 8.23. The predicted molar refractivity (Wildman–Crippen MR) is 129 cm³/mol. The molecule has 2 rings (SSSR count). The molecule has 0 bridgehead atoms. The number of rotatable bonds is 9. The van der Waals surface area contributed by atoms with Crippen molar-refractivity contribution in [3.8, 4) is 0 Å². The largest absolute Gasteiger partial charge is 0.340 e. The lowest BCUT2D eigenvalue weighted by Crippen LogP contribution is -2.50. The van der Waals surface area contributed by atoms with Crippen molar-refractivity contribution in [1.29, 1.82) is 0 Å². The monoisotopic (exact) mass is 543 g/mol. The molecule has 2 aliphatic rings. The van der Waals surface area contributed by atoms with Gasteiger partial charge in [0.25, 0.3) is 0 Å². The Balaban J connectivity index is 0.000000342. The summed E-state index contributed by atoms with van der Waals surface area (Å²) in [7, 11) is -6.28. The lowest BCUT2D eigenvalue weighted by Gasteiger charge is -2.33. The Morgan fingerprint density at radius 1 is 0.794 bits per heavy atom. The number of carbonyl (C=O) groups is 2. The lowest BCUT2D eigenvalue weighted by atomic mass is 10.2. The van der Waals surface area contributed by atoms with Crippen molar-refractivity contribution in [2.24, 2.45) is 5.11 Å². The molecule has 2 aliphatic heterocycles. The van der Waals surface area contributed by atoms with Crippen LogP contribution < -0.4 is 0 Å². The van der Waals surface area contributed by atoms with Gasteiger partial charge in [-0.3, -0.25) is 9.59 Å². The molecule has 16 heteroatoms. The third kappa shape index (κ3) is 11.2. The SMILES string of the molecule is CS(=O)(=O)N1CCN(C(=O)CCCCl)CC1.CS(=O)(=O)N1CCN(C(=O)CCCN=[N+]=[N-])CC1. The van der Waals surface area contributed by atoms with Crippen LogP contribution in [0.5, 0.6) is 0 Å². The van der Waals surface area contributed by atoms with Crippen LogP contribution in [0.1, 0.15) is 25.7 Å². The van der Waals surface area contributed by atoms with Crippen LogP contribution in [0.2, 0.25) is 0 Å². The summed E-state index contributed by atoms with van der Waals surface area (Å²) in [6, 6.07) is 0. The molecule has 2 fully saturated rings. The second-order valence-electron chi connectivity index (χ2n) is 7.94. The average Bonchev–Trinajstić information content (AvgIpc) is 2.79. The third-order valence-electron chi connectivity index (χ3n) is 5.36. The maximum atomic E-state index is 11.7. The van der Waals surface area contributed by atoms with Crippen molar-refractivity contribution in [3.05, 3.63) is 10.4 Å². The quantitative estimate of drug-likeness (QED) is 0.133. The van der Waals surface area contributed by atoms with Gasteiger partial charge < -0.3 is 9.80 Å². The van der Waals surface area contributed by atoms with E-state index >= 15 is 0 Å². The molecule has 0 N–H and O–H groups in total.